The Kier molecular flexibility index (Phi) is 4.70. The Morgan fingerprint density at radius 1 is 1.38 bits per heavy atom. The molecule has 0 spiro atoms. The molecule has 1 N–H and O–H groups in total. The Hall–Kier alpha value is -1.14. The second-order valence-electron chi connectivity index (χ2n) is 3.30. The number of alkyl halides is 3. The van der Waals surface area contributed by atoms with Crippen molar-refractivity contribution < 1.29 is 17.9 Å². The maximum Gasteiger partial charge on any atom is 0.411 e. The molecule has 0 aliphatic rings. The lowest BCUT2D eigenvalue weighted by molar-refractivity contribution is -0.176. The number of nitrogens with zero attached hydrogens (tertiary/aromatic N) is 1. The average molecular weight is 234 g/mol. The van der Waals surface area contributed by atoms with E-state index >= 15 is 0 Å². The van der Waals surface area contributed by atoms with Gasteiger partial charge in [0.25, 0.3) is 0 Å². The molecule has 0 aliphatic heterocycles. The fourth-order valence-electron chi connectivity index (χ4n) is 1.12. The van der Waals surface area contributed by atoms with Crippen molar-refractivity contribution in [3.63, 3.8) is 0 Å². The molecular weight excluding hydrogens is 221 g/mol. The normalized spacial score (nSPS) is 11.8. The summed E-state index contributed by atoms with van der Waals surface area (Å²) in [7, 11) is 1.81. The molecule has 0 aromatic carbocycles. The van der Waals surface area contributed by atoms with Crippen molar-refractivity contribution in [1.29, 1.82) is 0 Å². The van der Waals surface area contributed by atoms with E-state index in [-0.39, 0.29) is 6.61 Å². The van der Waals surface area contributed by atoms with Gasteiger partial charge in [0, 0.05) is 12.7 Å². The van der Waals surface area contributed by atoms with E-state index in [0.717, 1.165) is 5.56 Å². The summed E-state index contributed by atoms with van der Waals surface area (Å²) in [5, 5.41) is 2.95. The van der Waals surface area contributed by atoms with Gasteiger partial charge in [0.15, 0.2) is 0 Å². The highest BCUT2D eigenvalue weighted by Crippen LogP contribution is 2.15. The first-order valence-electron chi connectivity index (χ1n) is 4.74. The molecule has 16 heavy (non-hydrogen) atoms. The number of aromatic nitrogens is 1. The van der Waals surface area contributed by atoms with Crippen molar-refractivity contribution in [2.24, 2.45) is 0 Å². The molecule has 6 heteroatoms. The highest BCUT2D eigenvalue weighted by Gasteiger charge is 2.27. The minimum Gasteiger partial charge on any atom is -0.366 e. The summed E-state index contributed by atoms with van der Waals surface area (Å²) in [6.45, 7) is -0.691. The lowest BCUT2D eigenvalue weighted by Crippen LogP contribution is -2.17. The second kappa shape index (κ2) is 5.81. The first-order chi connectivity index (χ1) is 7.51. The van der Waals surface area contributed by atoms with Crippen molar-refractivity contribution >= 4 is 0 Å². The second-order valence-corrected chi connectivity index (χ2v) is 3.30. The van der Waals surface area contributed by atoms with Crippen LogP contribution < -0.4 is 5.32 Å². The lowest BCUT2D eigenvalue weighted by atomic mass is 10.2. The zero-order chi connectivity index (χ0) is 12.0. The van der Waals surface area contributed by atoms with Crippen LogP contribution in [-0.2, 0) is 17.9 Å². The van der Waals surface area contributed by atoms with Gasteiger partial charge in [-0.2, -0.15) is 13.2 Å². The van der Waals surface area contributed by atoms with Crippen molar-refractivity contribution in [3.05, 3.63) is 29.6 Å². The Balaban J connectivity index is 2.37. The van der Waals surface area contributed by atoms with Gasteiger partial charge in [0.1, 0.15) is 6.61 Å². The molecule has 3 nitrogen and oxygen atoms in total. The molecule has 1 aromatic heterocycles. The van der Waals surface area contributed by atoms with Gasteiger partial charge in [-0.25, -0.2) is 0 Å². The van der Waals surface area contributed by atoms with Gasteiger partial charge in [0.05, 0.1) is 12.3 Å². The Bertz CT molecular complexity index is 311. The van der Waals surface area contributed by atoms with Gasteiger partial charge < -0.3 is 10.1 Å². The van der Waals surface area contributed by atoms with E-state index in [1.54, 1.807) is 25.4 Å². The van der Waals surface area contributed by atoms with Gasteiger partial charge in [-0.3, -0.25) is 4.98 Å². The van der Waals surface area contributed by atoms with Crippen LogP contribution in [0.2, 0.25) is 0 Å². The highest BCUT2D eigenvalue weighted by molar-refractivity contribution is 5.13. The fourth-order valence-corrected chi connectivity index (χ4v) is 1.12. The van der Waals surface area contributed by atoms with Crippen molar-refractivity contribution in [3.8, 4) is 0 Å². The summed E-state index contributed by atoms with van der Waals surface area (Å²) in [5.41, 5.74) is 1.46. The van der Waals surface area contributed by atoms with Crippen LogP contribution in [0.5, 0.6) is 0 Å². The van der Waals surface area contributed by atoms with Crippen LogP contribution in [0.15, 0.2) is 18.3 Å². The van der Waals surface area contributed by atoms with Crippen molar-refractivity contribution in [2.75, 3.05) is 13.7 Å². The molecule has 0 radical (unpaired) electrons. The Labute approximate surface area is 91.6 Å². The largest absolute Gasteiger partial charge is 0.411 e. The van der Waals surface area contributed by atoms with Gasteiger partial charge in [0.2, 0.25) is 0 Å². The number of ether oxygens (including phenoxy) is 1. The third kappa shape index (κ3) is 5.09. The van der Waals surface area contributed by atoms with Crippen LogP contribution in [0.4, 0.5) is 13.2 Å². The summed E-state index contributed by atoms with van der Waals surface area (Å²) in [4.78, 5) is 3.98. The van der Waals surface area contributed by atoms with E-state index in [1.807, 2.05) is 0 Å². The van der Waals surface area contributed by atoms with E-state index in [1.165, 1.54) is 0 Å². The predicted octanol–water partition coefficient (Wildman–Crippen LogP) is 1.88. The number of hydrogen-bond acceptors (Lipinski definition) is 3. The molecule has 0 saturated carbocycles. The molecule has 0 saturated heterocycles. The molecule has 0 atom stereocenters. The van der Waals surface area contributed by atoms with E-state index in [2.05, 4.69) is 15.0 Å². The topological polar surface area (TPSA) is 34.1 Å². The Morgan fingerprint density at radius 2 is 2.12 bits per heavy atom. The zero-order valence-electron chi connectivity index (χ0n) is 8.84. The summed E-state index contributed by atoms with van der Waals surface area (Å²) in [6.07, 6.45) is -2.67. The zero-order valence-corrected chi connectivity index (χ0v) is 8.84. The first kappa shape index (κ1) is 12.9. The molecule has 1 rings (SSSR count). The van der Waals surface area contributed by atoms with Gasteiger partial charge in [-0.1, -0.05) is 6.07 Å². The highest BCUT2D eigenvalue weighted by atomic mass is 19.4. The molecular formula is C10H13F3N2O. The minimum atomic E-state index is -4.29. The van der Waals surface area contributed by atoms with Crippen LogP contribution >= 0.6 is 0 Å². The van der Waals surface area contributed by atoms with E-state index < -0.39 is 12.8 Å². The number of rotatable bonds is 5. The number of hydrogen-bond donors (Lipinski definition) is 1. The van der Waals surface area contributed by atoms with Crippen molar-refractivity contribution in [2.45, 2.75) is 19.3 Å². The van der Waals surface area contributed by atoms with E-state index in [0.29, 0.717) is 12.2 Å². The summed E-state index contributed by atoms with van der Waals surface area (Å²) in [6, 6.07) is 3.46. The molecule has 0 aliphatic carbocycles. The van der Waals surface area contributed by atoms with E-state index in [9.17, 15) is 13.2 Å². The number of halogens is 3. The molecule has 90 valence electrons. The third-order valence-corrected chi connectivity index (χ3v) is 1.78. The number of pyridine rings is 1. The van der Waals surface area contributed by atoms with Gasteiger partial charge >= 0.3 is 6.18 Å². The standard InChI is InChI=1S/C10H13F3N2O/c1-14-4-8-2-3-9(15-5-8)6-16-7-10(11,12)13/h2-3,5,14H,4,6-7H2,1H3. The predicted molar refractivity (Wildman–Crippen MR) is 52.7 cm³/mol. The van der Waals surface area contributed by atoms with Crippen LogP contribution in [0, 0.1) is 0 Å². The maximum atomic E-state index is 11.8. The molecule has 1 aromatic rings. The van der Waals surface area contributed by atoms with E-state index in [4.69, 9.17) is 0 Å². The first-order valence-corrected chi connectivity index (χ1v) is 4.74. The minimum absolute atomic E-state index is 0.126. The molecule has 1 heterocycles. The Morgan fingerprint density at radius 3 is 2.62 bits per heavy atom. The molecule has 0 unspecified atom stereocenters. The van der Waals surface area contributed by atoms with Crippen LogP contribution in [0.3, 0.4) is 0 Å². The molecule has 0 amide bonds. The van der Waals surface area contributed by atoms with Crippen LogP contribution in [0.25, 0.3) is 0 Å². The monoisotopic (exact) mass is 234 g/mol. The smallest absolute Gasteiger partial charge is 0.366 e. The maximum absolute atomic E-state index is 11.8. The van der Waals surface area contributed by atoms with Crippen LogP contribution in [-0.4, -0.2) is 24.8 Å². The van der Waals surface area contributed by atoms with Gasteiger partial charge in [-0.15, -0.1) is 0 Å². The summed E-state index contributed by atoms with van der Waals surface area (Å²) in [5.74, 6) is 0. The summed E-state index contributed by atoms with van der Waals surface area (Å²) >= 11 is 0. The lowest BCUT2D eigenvalue weighted by Gasteiger charge is -2.07. The fraction of sp³-hybridized carbons (Fsp3) is 0.500. The SMILES string of the molecule is CNCc1ccc(COCC(F)(F)F)nc1. The number of nitrogens with one attached hydrogen (secondary N) is 1. The average Bonchev–Trinajstić information content (AvgIpc) is 2.19. The third-order valence-electron chi connectivity index (χ3n) is 1.78. The molecule has 0 fully saturated rings. The van der Waals surface area contributed by atoms with Crippen molar-refractivity contribution in [1.82, 2.24) is 10.3 Å². The van der Waals surface area contributed by atoms with Gasteiger partial charge in [-0.05, 0) is 18.7 Å². The quantitative estimate of drug-likeness (QED) is 0.844. The van der Waals surface area contributed by atoms with Crippen LogP contribution in [0.1, 0.15) is 11.3 Å². The molecule has 0 bridgehead atoms. The summed E-state index contributed by atoms with van der Waals surface area (Å²) < 4.78 is 39.8.